The van der Waals surface area contributed by atoms with E-state index >= 15 is 0 Å². The van der Waals surface area contributed by atoms with Crippen molar-refractivity contribution >= 4 is 49.8 Å². The van der Waals surface area contributed by atoms with E-state index in [1.165, 1.54) is 27.5 Å². The van der Waals surface area contributed by atoms with Crippen molar-refractivity contribution in [3.8, 4) is 33.4 Å². The Morgan fingerprint density at radius 3 is 1.67 bits per heavy atom. The molecular formula is C46H31NO. The summed E-state index contributed by atoms with van der Waals surface area (Å²) in [5.41, 5.74) is 11.9. The van der Waals surface area contributed by atoms with Gasteiger partial charge in [0.25, 0.3) is 0 Å². The van der Waals surface area contributed by atoms with Crippen LogP contribution in [0.15, 0.2) is 192 Å². The molecule has 0 aliphatic rings. The molecule has 0 radical (unpaired) electrons. The standard InChI is InChI=1S/C46H31NO/c1-4-15-32(16-5-1)33-27-29-37(30-28-33)47(41-24-13-12-22-38(41)34-17-6-2-7-18-34)42-25-14-26-43-45(42)44-39-23-11-10-21-36(39)31-40(46(44)48-43)35-19-8-3-9-20-35/h1-31H. The molecule has 0 saturated heterocycles. The zero-order chi connectivity index (χ0) is 31.9. The van der Waals surface area contributed by atoms with Crippen LogP contribution in [0.25, 0.3) is 66.1 Å². The first-order valence-corrected chi connectivity index (χ1v) is 16.4. The van der Waals surface area contributed by atoms with Gasteiger partial charge in [-0.1, -0.05) is 152 Å². The second-order valence-electron chi connectivity index (χ2n) is 12.1. The van der Waals surface area contributed by atoms with Gasteiger partial charge in [-0.3, -0.25) is 0 Å². The highest BCUT2D eigenvalue weighted by molar-refractivity contribution is 6.26. The molecule has 48 heavy (non-hydrogen) atoms. The predicted molar refractivity (Wildman–Crippen MR) is 202 cm³/mol. The van der Waals surface area contributed by atoms with E-state index in [4.69, 9.17) is 4.42 Å². The minimum Gasteiger partial charge on any atom is -0.455 e. The summed E-state index contributed by atoms with van der Waals surface area (Å²) in [5.74, 6) is 0. The average molecular weight is 614 g/mol. The van der Waals surface area contributed by atoms with Gasteiger partial charge in [0.05, 0.1) is 16.8 Å². The van der Waals surface area contributed by atoms with Crippen molar-refractivity contribution in [1.82, 2.24) is 0 Å². The Balaban J connectivity index is 1.36. The maximum atomic E-state index is 6.87. The van der Waals surface area contributed by atoms with Crippen LogP contribution in [-0.4, -0.2) is 0 Å². The number of benzene rings is 8. The molecule has 0 saturated carbocycles. The van der Waals surface area contributed by atoms with Crippen LogP contribution in [0.5, 0.6) is 0 Å². The molecule has 1 aromatic heterocycles. The normalized spacial score (nSPS) is 11.3. The van der Waals surface area contributed by atoms with Crippen LogP contribution in [0.2, 0.25) is 0 Å². The van der Waals surface area contributed by atoms with Crippen LogP contribution in [0.1, 0.15) is 0 Å². The highest BCUT2D eigenvalue weighted by Gasteiger charge is 2.24. The van der Waals surface area contributed by atoms with Gasteiger partial charge in [-0.2, -0.15) is 0 Å². The third kappa shape index (κ3) is 4.74. The lowest BCUT2D eigenvalue weighted by Gasteiger charge is -2.28. The highest BCUT2D eigenvalue weighted by Crippen LogP contribution is 2.49. The number of hydrogen-bond acceptors (Lipinski definition) is 2. The lowest BCUT2D eigenvalue weighted by Crippen LogP contribution is -2.11. The van der Waals surface area contributed by atoms with E-state index in [0.29, 0.717) is 0 Å². The largest absolute Gasteiger partial charge is 0.455 e. The highest BCUT2D eigenvalue weighted by atomic mass is 16.3. The zero-order valence-electron chi connectivity index (χ0n) is 26.3. The summed E-state index contributed by atoms with van der Waals surface area (Å²) in [5, 5.41) is 4.58. The summed E-state index contributed by atoms with van der Waals surface area (Å²) < 4.78 is 6.87. The van der Waals surface area contributed by atoms with Crippen LogP contribution in [0.3, 0.4) is 0 Å². The van der Waals surface area contributed by atoms with Crippen molar-refractivity contribution in [2.75, 3.05) is 4.90 Å². The fourth-order valence-electron chi connectivity index (χ4n) is 7.04. The Hall–Kier alpha value is -6.38. The summed E-state index contributed by atoms with van der Waals surface area (Å²) in [6.45, 7) is 0. The number of para-hydroxylation sites is 1. The summed E-state index contributed by atoms with van der Waals surface area (Å²) in [4.78, 5) is 2.40. The molecule has 1 heterocycles. The molecule has 2 nitrogen and oxygen atoms in total. The van der Waals surface area contributed by atoms with Crippen LogP contribution in [0, 0.1) is 0 Å². The van der Waals surface area contributed by atoms with Crippen molar-refractivity contribution in [1.29, 1.82) is 0 Å². The van der Waals surface area contributed by atoms with E-state index < -0.39 is 0 Å². The van der Waals surface area contributed by atoms with Crippen molar-refractivity contribution in [3.05, 3.63) is 188 Å². The van der Waals surface area contributed by atoms with Gasteiger partial charge in [0.2, 0.25) is 0 Å². The van der Waals surface area contributed by atoms with Crippen molar-refractivity contribution in [2.24, 2.45) is 0 Å². The van der Waals surface area contributed by atoms with Crippen molar-refractivity contribution < 1.29 is 4.42 Å². The van der Waals surface area contributed by atoms with Gasteiger partial charge in [-0.15, -0.1) is 0 Å². The van der Waals surface area contributed by atoms with E-state index in [2.05, 4.69) is 193 Å². The molecule has 0 unspecified atom stereocenters. The third-order valence-corrected chi connectivity index (χ3v) is 9.26. The summed E-state index contributed by atoms with van der Waals surface area (Å²) >= 11 is 0. The Kier molecular flexibility index (Phi) is 6.84. The lowest BCUT2D eigenvalue weighted by molar-refractivity contribution is 0.670. The van der Waals surface area contributed by atoms with E-state index in [1.807, 2.05) is 0 Å². The second kappa shape index (κ2) is 11.8. The van der Waals surface area contributed by atoms with Crippen molar-refractivity contribution in [3.63, 3.8) is 0 Å². The maximum absolute atomic E-state index is 6.87. The number of hydrogen-bond donors (Lipinski definition) is 0. The van der Waals surface area contributed by atoms with Crippen LogP contribution in [-0.2, 0) is 0 Å². The van der Waals surface area contributed by atoms with Crippen molar-refractivity contribution in [2.45, 2.75) is 0 Å². The molecule has 226 valence electrons. The van der Waals surface area contributed by atoms with Gasteiger partial charge in [0.1, 0.15) is 11.2 Å². The monoisotopic (exact) mass is 613 g/mol. The smallest absolute Gasteiger partial charge is 0.143 e. The first-order chi connectivity index (χ1) is 23.8. The number of nitrogens with zero attached hydrogens (tertiary/aromatic N) is 1. The molecule has 0 spiro atoms. The zero-order valence-corrected chi connectivity index (χ0v) is 26.3. The first kappa shape index (κ1) is 27.9. The van der Waals surface area contributed by atoms with Gasteiger partial charge < -0.3 is 9.32 Å². The molecule has 8 aromatic carbocycles. The van der Waals surface area contributed by atoms with Crippen LogP contribution in [0.4, 0.5) is 17.1 Å². The second-order valence-corrected chi connectivity index (χ2v) is 12.1. The minimum absolute atomic E-state index is 0.860. The minimum atomic E-state index is 0.860. The van der Waals surface area contributed by atoms with E-state index in [-0.39, 0.29) is 0 Å². The Morgan fingerprint density at radius 1 is 0.375 bits per heavy atom. The number of fused-ring (bicyclic) bond motifs is 5. The van der Waals surface area contributed by atoms with E-state index in [9.17, 15) is 0 Å². The Labute approximate surface area is 279 Å². The Bertz CT molecular complexity index is 2530. The number of anilines is 3. The van der Waals surface area contributed by atoms with E-state index in [0.717, 1.165) is 55.7 Å². The molecule has 0 aliphatic carbocycles. The molecule has 0 aliphatic heterocycles. The summed E-state index contributed by atoms with van der Waals surface area (Å²) in [6.07, 6.45) is 0. The lowest BCUT2D eigenvalue weighted by atomic mass is 9.95. The fraction of sp³-hybridized carbons (Fsp3) is 0. The first-order valence-electron chi connectivity index (χ1n) is 16.4. The fourth-order valence-corrected chi connectivity index (χ4v) is 7.04. The molecule has 9 rings (SSSR count). The molecule has 0 N–H and O–H groups in total. The van der Waals surface area contributed by atoms with Gasteiger partial charge in [-0.25, -0.2) is 0 Å². The molecule has 0 amide bonds. The van der Waals surface area contributed by atoms with Crippen LogP contribution < -0.4 is 4.90 Å². The molecule has 9 aromatic rings. The SMILES string of the molecule is c1ccc(-c2ccc(N(c3ccccc3-c3ccccc3)c3cccc4oc5c(-c6ccccc6)cc6ccccc6c5c34)cc2)cc1. The predicted octanol–water partition coefficient (Wildman–Crippen LogP) is 13.2. The summed E-state index contributed by atoms with van der Waals surface area (Å²) in [7, 11) is 0. The number of rotatable bonds is 6. The molecular weight excluding hydrogens is 583 g/mol. The van der Waals surface area contributed by atoms with Gasteiger partial charge >= 0.3 is 0 Å². The molecule has 2 heteroatoms. The topological polar surface area (TPSA) is 16.4 Å². The van der Waals surface area contributed by atoms with Gasteiger partial charge in [0, 0.05) is 22.2 Å². The van der Waals surface area contributed by atoms with Gasteiger partial charge in [-0.05, 0) is 69.4 Å². The molecule has 0 atom stereocenters. The third-order valence-electron chi connectivity index (χ3n) is 9.26. The maximum Gasteiger partial charge on any atom is 0.143 e. The molecule has 0 bridgehead atoms. The van der Waals surface area contributed by atoms with Crippen LogP contribution >= 0.6 is 0 Å². The molecule has 0 fully saturated rings. The quantitative estimate of drug-likeness (QED) is 0.185. The average Bonchev–Trinajstić information content (AvgIpc) is 3.57. The summed E-state index contributed by atoms with van der Waals surface area (Å²) in [6, 6.07) is 66.7. The Morgan fingerprint density at radius 2 is 0.938 bits per heavy atom. The number of furan rings is 1. The van der Waals surface area contributed by atoms with E-state index in [1.54, 1.807) is 0 Å². The van der Waals surface area contributed by atoms with Gasteiger partial charge in [0.15, 0.2) is 0 Å².